The number of hydrogen-bond donors (Lipinski definition) is 0. The van der Waals surface area contributed by atoms with Crippen LogP contribution in [-0.2, 0) is 15.9 Å². The molecule has 2 aromatic rings. The highest BCUT2D eigenvalue weighted by atomic mass is 32.2. The van der Waals surface area contributed by atoms with Crippen molar-refractivity contribution in [2.45, 2.75) is 33.6 Å². The number of benzene rings is 2. The SMILES string of the molecule is C=S(=O)(CCc1cccc(C)c1)CC1=C(C)CC(c2ccc(C)cc2)=N1. The highest BCUT2D eigenvalue weighted by Gasteiger charge is 2.19. The molecule has 1 aliphatic rings. The quantitative estimate of drug-likeness (QED) is 0.681. The lowest BCUT2D eigenvalue weighted by Crippen LogP contribution is -2.14. The van der Waals surface area contributed by atoms with E-state index in [-0.39, 0.29) is 0 Å². The molecule has 0 aromatic heterocycles. The van der Waals surface area contributed by atoms with Gasteiger partial charge in [-0.05, 0) is 59.3 Å². The van der Waals surface area contributed by atoms with Crippen molar-refractivity contribution in [1.29, 1.82) is 0 Å². The smallest absolute Gasteiger partial charge is 0.0582 e. The summed E-state index contributed by atoms with van der Waals surface area (Å²) in [4.78, 5) is 4.80. The third-order valence-electron chi connectivity index (χ3n) is 4.82. The van der Waals surface area contributed by atoms with E-state index >= 15 is 0 Å². The van der Waals surface area contributed by atoms with Gasteiger partial charge in [-0.1, -0.05) is 59.7 Å². The Morgan fingerprint density at radius 2 is 1.77 bits per heavy atom. The summed E-state index contributed by atoms with van der Waals surface area (Å²) in [6.07, 6.45) is 1.64. The van der Waals surface area contributed by atoms with Crippen LogP contribution in [0.2, 0.25) is 0 Å². The maximum absolute atomic E-state index is 13.0. The largest absolute Gasteiger partial charge is 0.268 e. The molecule has 0 saturated heterocycles. The molecular formula is C23H27NOS. The highest BCUT2D eigenvalue weighted by molar-refractivity contribution is 8.00. The van der Waals surface area contributed by atoms with Gasteiger partial charge in [0.25, 0.3) is 0 Å². The van der Waals surface area contributed by atoms with E-state index in [1.54, 1.807) is 0 Å². The fourth-order valence-corrected chi connectivity index (χ4v) is 4.77. The van der Waals surface area contributed by atoms with Crippen LogP contribution >= 0.6 is 0 Å². The number of rotatable bonds is 6. The zero-order valence-corrected chi connectivity index (χ0v) is 16.7. The average Bonchev–Trinajstić information content (AvgIpc) is 2.94. The first kappa shape index (κ1) is 18.7. The summed E-state index contributed by atoms with van der Waals surface area (Å²) >= 11 is 0. The molecule has 1 aliphatic heterocycles. The van der Waals surface area contributed by atoms with Crippen LogP contribution in [0.5, 0.6) is 0 Å². The van der Waals surface area contributed by atoms with Gasteiger partial charge in [0.2, 0.25) is 0 Å². The molecule has 0 bridgehead atoms. The fraction of sp³-hybridized carbons (Fsp3) is 0.304. The van der Waals surface area contributed by atoms with Gasteiger partial charge in [0.1, 0.15) is 0 Å². The molecule has 26 heavy (non-hydrogen) atoms. The summed E-state index contributed by atoms with van der Waals surface area (Å²) in [5, 5.41) is 0. The molecule has 0 amide bonds. The van der Waals surface area contributed by atoms with Crippen molar-refractivity contribution >= 4 is 21.1 Å². The highest BCUT2D eigenvalue weighted by Crippen LogP contribution is 2.25. The molecular weight excluding hydrogens is 338 g/mol. The summed E-state index contributed by atoms with van der Waals surface area (Å²) in [5.41, 5.74) is 8.11. The van der Waals surface area contributed by atoms with Crippen molar-refractivity contribution in [3.05, 3.63) is 82.1 Å². The Morgan fingerprint density at radius 3 is 2.46 bits per heavy atom. The van der Waals surface area contributed by atoms with Crippen LogP contribution in [0.1, 0.15) is 35.6 Å². The maximum Gasteiger partial charge on any atom is 0.0582 e. The molecule has 2 aromatic carbocycles. The molecule has 1 atom stereocenters. The molecule has 1 unspecified atom stereocenters. The lowest BCUT2D eigenvalue weighted by atomic mass is 10.0. The zero-order valence-electron chi connectivity index (χ0n) is 15.9. The van der Waals surface area contributed by atoms with Gasteiger partial charge >= 0.3 is 0 Å². The van der Waals surface area contributed by atoms with E-state index in [0.29, 0.717) is 11.5 Å². The van der Waals surface area contributed by atoms with Crippen molar-refractivity contribution in [3.63, 3.8) is 0 Å². The normalized spacial score (nSPS) is 16.5. The molecule has 0 aliphatic carbocycles. The van der Waals surface area contributed by atoms with Gasteiger partial charge in [-0.25, -0.2) is 0 Å². The first-order valence-corrected chi connectivity index (χ1v) is 11.1. The van der Waals surface area contributed by atoms with Crippen molar-refractivity contribution in [1.82, 2.24) is 0 Å². The third kappa shape index (κ3) is 4.73. The Hall–Kier alpha value is -2.13. The minimum atomic E-state index is -2.19. The first-order chi connectivity index (χ1) is 12.3. The summed E-state index contributed by atoms with van der Waals surface area (Å²) < 4.78 is 13.0. The van der Waals surface area contributed by atoms with E-state index in [9.17, 15) is 4.21 Å². The van der Waals surface area contributed by atoms with Crippen LogP contribution in [0, 0.1) is 13.8 Å². The first-order valence-electron chi connectivity index (χ1n) is 9.04. The van der Waals surface area contributed by atoms with Crippen LogP contribution in [0.4, 0.5) is 0 Å². The Morgan fingerprint density at radius 1 is 1.04 bits per heavy atom. The topological polar surface area (TPSA) is 29.4 Å². The Labute approximate surface area is 157 Å². The predicted molar refractivity (Wildman–Crippen MR) is 115 cm³/mol. The van der Waals surface area contributed by atoms with Crippen molar-refractivity contribution in [2.24, 2.45) is 4.99 Å². The van der Waals surface area contributed by atoms with Gasteiger partial charge in [0.05, 0.1) is 17.2 Å². The minimum absolute atomic E-state index is 0.472. The van der Waals surface area contributed by atoms with Gasteiger partial charge in [-0.3, -0.25) is 9.20 Å². The van der Waals surface area contributed by atoms with Gasteiger partial charge in [-0.15, -0.1) is 0 Å². The predicted octanol–water partition coefficient (Wildman–Crippen LogP) is 4.73. The van der Waals surface area contributed by atoms with Crippen LogP contribution in [-0.4, -0.2) is 27.3 Å². The van der Waals surface area contributed by atoms with Crippen LogP contribution in [0.25, 0.3) is 0 Å². The summed E-state index contributed by atoms with van der Waals surface area (Å²) in [5.74, 6) is 5.11. The Kier molecular flexibility index (Phi) is 5.47. The number of aryl methyl sites for hydroxylation is 3. The maximum atomic E-state index is 13.0. The van der Waals surface area contributed by atoms with Crippen LogP contribution < -0.4 is 0 Å². The molecule has 3 rings (SSSR count). The van der Waals surface area contributed by atoms with Gasteiger partial charge in [-0.2, -0.15) is 0 Å². The summed E-state index contributed by atoms with van der Waals surface area (Å²) in [6.45, 7) is 6.26. The van der Waals surface area contributed by atoms with Gasteiger partial charge in [0, 0.05) is 12.2 Å². The lowest BCUT2D eigenvalue weighted by molar-refractivity contribution is 0.681. The Balaban J connectivity index is 1.68. The molecule has 0 saturated carbocycles. The van der Waals surface area contributed by atoms with E-state index in [0.717, 1.165) is 29.8 Å². The molecule has 0 N–H and O–H groups in total. The minimum Gasteiger partial charge on any atom is -0.268 e. The van der Waals surface area contributed by atoms with E-state index < -0.39 is 9.52 Å². The second-order valence-corrected chi connectivity index (χ2v) is 10.0. The second-order valence-electron chi connectivity index (χ2n) is 7.38. The van der Waals surface area contributed by atoms with Crippen molar-refractivity contribution < 1.29 is 4.21 Å². The molecule has 2 nitrogen and oxygen atoms in total. The van der Waals surface area contributed by atoms with E-state index in [4.69, 9.17) is 4.99 Å². The monoisotopic (exact) mass is 365 g/mol. The van der Waals surface area contributed by atoms with E-state index in [2.05, 4.69) is 75.2 Å². The number of allylic oxidation sites excluding steroid dienone is 1. The molecule has 3 heteroatoms. The van der Waals surface area contributed by atoms with E-state index in [1.165, 1.54) is 22.3 Å². The standard InChI is InChI=1S/C23H27NOS/c1-17-8-10-21(11-9-17)22-15-19(3)23(24-22)16-26(4,25)13-12-20-7-5-6-18(2)14-20/h5-11,14H,4,12-13,15-16H2,1-3H3. The van der Waals surface area contributed by atoms with Crippen LogP contribution in [0.3, 0.4) is 0 Å². The average molecular weight is 366 g/mol. The van der Waals surface area contributed by atoms with Crippen molar-refractivity contribution in [2.75, 3.05) is 11.5 Å². The van der Waals surface area contributed by atoms with Gasteiger partial charge in [0.15, 0.2) is 0 Å². The molecule has 0 fully saturated rings. The summed E-state index contributed by atoms with van der Waals surface area (Å²) in [6, 6.07) is 16.8. The third-order valence-corrected chi connectivity index (χ3v) is 6.57. The molecule has 0 spiro atoms. The molecule has 1 heterocycles. The van der Waals surface area contributed by atoms with Crippen molar-refractivity contribution in [3.8, 4) is 0 Å². The van der Waals surface area contributed by atoms with E-state index in [1.807, 2.05) is 0 Å². The lowest BCUT2D eigenvalue weighted by Gasteiger charge is -2.10. The van der Waals surface area contributed by atoms with Crippen LogP contribution in [0.15, 0.2) is 64.8 Å². The number of hydrogen-bond acceptors (Lipinski definition) is 2. The number of nitrogens with zero attached hydrogens (tertiary/aromatic N) is 1. The van der Waals surface area contributed by atoms with Gasteiger partial charge < -0.3 is 0 Å². The summed E-state index contributed by atoms with van der Waals surface area (Å²) in [7, 11) is -2.19. The Bertz CT molecular complexity index is 964. The number of aliphatic imine (C=N–C) groups is 1. The molecule has 136 valence electrons. The molecule has 0 radical (unpaired) electrons. The fourth-order valence-electron chi connectivity index (χ4n) is 3.21. The second kappa shape index (κ2) is 7.63. The zero-order chi connectivity index (χ0) is 18.7.